The molecule has 0 aromatic heterocycles. The molecule has 0 spiro atoms. The third-order valence-corrected chi connectivity index (χ3v) is 7.18. The van der Waals surface area contributed by atoms with Crippen LogP contribution in [0.5, 0.6) is 5.75 Å². The molecule has 4 rings (SSSR count). The van der Waals surface area contributed by atoms with E-state index in [1.165, 1.54) is 6.07 Å². The van der Waals surface area contributed by atoms with Gasteiger partial charge in [-0.25, -0.2) is 13.2 Å². The van der Waals surface area contributed by atoms with Crippen LogP contribution in [-0.2, 0) is 13.0 Å². The van der Waals surface area contributed by atoms with Crippen LogP contribution in [0.3, 0.4) is 0 Å². The van der Waals surface area contributed by atoms with E-state index < -0.39 is 11.6 Å². The van der Waals surface area contributed by atoms with Gasteiger partial charge in [0.05, 0.1) is 0 Å². The molecule has 3 aromatic carbocycles. The molecule has 0 N–H and O–H groups in total. The number of halogens is 3. The molecule has 3 aromatic rings. The molecule has 0 unspecified atom stereocenters. The Balaban J connectivity index is 1.42. The lowest BCUT2D eigenvalue weighted by atomic mass is 9.77. The molecule has 1 fully saturated rings. The van der Waals surface area contributed by atoms with Gasteiger partial charge >= 0.3 is 0 Å². The zero-order valence-electron chi connectivity index (χ0n) is 20.0. The topological polar surface area (TPSA) is 9.23 Å². The Hall–Kier alpha value is -2.75. The highest BCUT2D eigenvalue weighted by Crippen LogP contribution is 2.39. The van der Waals surface area contributed by atoms with Gasteiger partial charge in [0.1, 0.15) is 18.2 Å². The van der Waals surface area contributed by atoms with E-state index in [4.69, 9.17) is 4.74 Å². The molecular weight excluding hydrogens is 433 g/mol. The molecule has 0 heterocycles. The summed E-state index contributed by atoms with van der Waals surface area (Å²) >= 11 is 0. The van der Waals surface area contributed by atoms with Crippen molar-refractivity contribution in [2.75, 3.05) is 0 Å². The Morgan fingerprint density at radius 2 is 1.56 bits per heavy atom. The Kier molecular flexibility index (Phi) is 7.97. The maximum Gasteiger partial charge on any atom is 0.166 e. The molecular formula is C30H33F3O. The van der Waals surface area contributed by atoms with E-state index in [2.05, 4.69) is 6.92 Å². The third kappa shape index (κ3) is 5.48. The number of aryl methyl sites for hydroxylation is 1. The lowest BCUT2D eigenvalue weighted by Crippen LogP contribution is -2.14. The average Bonchev–Trinajstić information content (AvgIpc) is 2.86. The van der Waals surface area contributed by atoms with Gasteiger partial charge in [-0.3, -0.25) is 0 Å². The second-order valence-electron chi connectivity index (χ2n) is 9.45. The molecule has 1 nitrogen and oxygen atoms in total. The Bertz CT molecular complexity index is 1100. The lowest BCUT2D eigenvalue weighted by Gasteiger charge is -2.28. The molecule has 34 heavy (non-hydrogen) atoms. The van der Waals surface area contributed by atoms with Gasteiger partial charge in [-0.15, -0.1) is 0 Å². The van der Waals surface area contributed by atoms with E-state index in [1.807, 2.05) is 13.0 Å². The van der Waals surface area contributed by atoms with Gasteiger partial charge < -0.3 is 4.74 Å². The first-order valence-electron chi connectivity index (χ1n) is 12.5. The van der Waals surface area contributed by atoms with Crippen molar-refractivity contribution in [2.45, 2.75) is 71.3 Å². The zero-order valence-corrected chi connectivity index (χ0v) is 20.0. The van der Waals surface area contributed by atoms with Crippen molar-refractivity contribution in [1.82, 2.24) is 0 Å². The van der Waals surface area contributed by atoms with Gasteiger partial charge in [0.15, 0.2) is 11.6 Å². The minimum atomic E-state index is -0.786. The number of hydrogen-bond donors (Lipinski definition) is 0. The number of hydrogen-bond acceptors (Lipinski definition) is 1. The summed E-state index contributed by atoms with van der Waals surface area (Å²) in [6, 6.07) is 15.5. The quantitative estimate of drug-likeness (QED) is 0.322. The van der Waals surface area contributed by atoms with Crippen molar-refractivity contribution in [3.05, 3.63) is 88.7 Å². The van der Waals surface area contributed by atoms with E-state index in [1.54, 1.807) is 42.5 Å². The summed E-state index contributed by atoms with van der Waals surface area (Å²) < 4.78 is 49.9. The molecule has 0 saturated heterocycles. The number of rotatable bonds is 8. The molecule has 0 atom stereocenters. The van der Waals surface area contributed by atoms with Crippen LogP contribution in [0.15, 0.2) is 54.6 Å². The van der Waals surface area contributed by atoms with E-state index in [0.29, 0.717) is 34.8 Å². The fraction of sp³-hybridized carbons (Fsp3) is 0.400. The molecule has 0 amide bonds. The minimum absolute atomic E-state index is 0.100. The molecule has 0 aliphatic heterocycles. The largest absolute Gasteiger partial charge is 0.489 e. The van der Waals surface area contributed by atoms with Crippen LogP contribution in [0.25, 0.3) is 11.1 Å². The predicted molar refractivity (Wildman–Crippen MR) is 132 cm³/mol. The van der Waals surface area contributed by atoms with Gasteiger partial charge in [0.25, 0.3) is 0 Å². The number of benzene rings is 3. The predicted octanol–water partition coefficient (Wildman–Crippen LogP) is 8.99. The summed E-state index contributed by atoms with van der Waals surface area (Å²) in [4.78, 5) is 0. The van der Waals surface area contributed by atoms with Gasteiger partial charge in [0.2, 0.25) is 0 Å². The summed E-state index contributed by atoms with van der Waals surface area (Å²) in [5.74, 6) is -0.311. The highest BCUT2D eigenvalue weighted by molar-refractivity contribution is 5.65. The van der Waals surface area contributed by atoms with Crippen LogP contribution in [0.4, 0.5) is 13.2 Å². The smallest absolute Gasteiger partial charge is 0.166 e. The summed E-state index contributed by atoms with van der Waals surface area (Å²) in [6.45, 7) is 4.45. The van der Waals surface area contributed by atoms with E-state index in [0.717, 1.165) is 44.1 Å². The normalized spacial score (nSPS) is 18.1. The van der Waals surface area contributed by atoms with Gasteiger partial charge in [0, 0.05) is 5.56 Å². The van der Waals surface area contributed by atoms with Crippen molar-refractivity contribution in [3.63, 3.8) is 0 Å². The Morgan fingerprint density at radius 3 is 2.21 bits per heavy atom. The highest BCUT2D eigenvalue weighted by atomic mass is 19.2. The van der Waals surface area contributed by atoms with E-state index >= 15 is 0 Å². The van der Waals surface area contributed by atoms with Crippen LogP contribution in [0.1, 0.15) is 75.0 Å². The van der Waals surface area contributed by atoms with Crippen molar-refractivity contribution >= 4 is 0 Å². The van der Waals surface area contributed by atoms with Crippen molar-refractivity contribution in [1.29, 1.82) is 0 Å². The Morgan fingerprint density at radius 1 is 0.824 bits per heavy atom. The average molecular weight is 467 g/mol. The fourth-order valence-corrected chi connectivity index (χ4v) is 5.03. The molecule has 180 valence electrons. The maximum absolute atomic E-state index is 15.0. The summed E-state index contributed by atoms with van der Waals surface area (Å²) in [5, 5.41) is 0. The van der Waals surface area contributed by atoms with Crippen LogP contribution >= 0.6 is 0 Å². The first-order chi connectivity index (χ1) is 16.5. The van der Waals surface area contributed by atoms with Crippen LogP contribution in [0.2, 0.25) is 0 Å². The van der Waals surface area contributed by atoms with Crippen LogP contribution in [0, 0.1) is 23.4 Å². The minimum Gasteiger partial charge on any atom is -0.489 e. The second-order valence-corrected chi connectivity index (χ2v) is 9.45. The van der Waals surface area contributed by atoms with Crippen molar-refractivity contribution in [2.24, 2.45) is 5.92 Å². The zero-order chi connectivity index (χ0) is 24.1. The molecule has 0 radical (unpaired) electrons. The second kappa shape index (κ2) is 11.1. The summed E-state index contributed by atoms with van der Waals surface area (Å²) in [7, 11) is 0. The first kappa shape index (κ1) is 24.4. The highest BCUT2D eigenvalue weighted by Gasteiger charge is 2.26. The maximum atomic E-state index is 15.0. The first-order valence-corrected chi connectivity index (χ1v) is 12.5. The fourth-order valence-electron chi connectivity index (χ4n) is 5.03. The lowest BCUT2D eigenvalue weighted by molar-refractivity contribution is 0.305. The van der Waals surface area contributed by atoms with Crippen LogP contribution in [-0.4, -0.2) is 0 Å². The summed E-state index contributed by atoms with van der Waals surface area (Å²) in [5.41, 5.74) is 2.82. The van der Waals surface area contributed by atoms with Gasteiger partial charge in [-0.1, -0.05) is 63.1 Å². The van der Waals surface area contributed by atoms with E-state index in [9.17, 15) is 13.2 Å². The van der Waals surface area contributed by atoms with Crippen LogP contribution < -0.4 is 4.74 Å². The molecule has 1 saturated carbocycles. The monoisotopic (exact) mass is 466 g/mol. The van der Waals surface area contributed by atoms with Crippen molar-refractivity contribution in [3.8, 4) is 16.9 Å². The SMILES string of the molecule is CCCc1ccc(COc2ccc(-c3ccc(C4CCC(CC)CC4)c(F)c3F)cc2)cc1F. The van der Waals surface area contributed by atoms with Gasteiger partial charge in [-0.2, -0.15) is 0 Å². The van der Waals surface area contributed by atoms with E-state index in [-0.39, 0.29) is 23.9 Å². The molecule has 1 aliphatic rings. The number of ether oxygens (including phenoxy) is 1. The summed E-state index contributed by atoms with van der Waals surface area (Å²) in [6.07, 6.45) is 6.78. The van der Waals surface area contributed by atoms with Gasteiger partial charge in [-0.05, 0) is 84.4 Å². The molecule has 4 heteroatoms. The Labute approximate surface area is 201 Å². The third-order valence-electron chi connectivity index (χ3n) is 7.18. The molecule has 1 aliphatic carbocycles. The standard InChI is InChI=1S/C30H33F3O/c1-3-5-24-11-8-21(18-28(24)31)19-34-25-14-12-23(13-15-25)27-17-16-26(29(32)30(27)33)22-9-6-20(4-2)7-10-22/h8,11-18,20,22H,3-7,9-10,19H2,1-2H3. The van der Waals surface area contributed by atoms with Crippen molar-refractivity contribution < 1.29 is 17.9 Å². The molecule has 0 bridgehead atoms.